The molecule has 0 heterocycles. The number of benzene rings is 2. The fraction of sp³-hybridized carbons (Fsp3) is 0.238. The quantitative estimate of drug-likeness (QED) is 0.519. The second-order valence-electron chi connectivity index (χ2n) is 5.59. The van der Waals surface area contributed by atoms with Crippen LogP contribution in [0.5, 0.6) is 0 Å². The third-order valence-electron chi connectivity index (χ3n) is 3.66. The van der Waals surface area contributed by atoms with Crippen molar-refractivity contribution in [2.24, 2.45) is 0 Å². The van der Waals surface area contributed by atoms with Gasteiger partial charge in [-0.05, 0) is 61.7 Å². The SMILES string of the molecule is CCOC(=O)C(C)=Cc1cccc(-c2ccc(Cl)c(C(=O)OCC)c2)c1. The van der Waals surface area contributed by atoms with E-state index in [1.807, 2.05) is 30.3 Å². The highest BCUT2D eigenvalue weighted by Gasteiger charge is 2.13. The van der Waals surface area contributed by atoms with Gasteiger partial charge in [-0.1, -0.05) is 35.9 Å². The molecule has 4 nitrogen and oxygen atoms in total. The van der Waals surface area contributed by atoms with Crippen molar-refractivity contribution in [3.05, 3.63) is 64.2 Å². The molecular weight excluding hydrogens is 352 g/mol. The zero-order valence-corrected chi connectivity index (χ0v) is 15.8. The Bertz CT molecular complexity index is 840. The summed E-state index contributed by atoms with van der Waals surface area (Å²) in [4.78, 5) is 23.8. The third kappa shape index (κ3) is 4.96. The number of carbonyl (C=O) groups excluding carboxylic acids is 2. The van der Waals surface area contributed by atoms with Gasteiger partial charge in [0.25, 0.3) is 0 Å². The van der Waals surface area contributed by atoms with Crippen molar-refractivity contribution in [3.63, 3.8) is 0 Å². The lowest BCUT2D eigenvalue weighted by Gasteiger charge is -2.08. The van der Waals surface area contributed by atoms with Crippen LogP contribution in [0.1, 0.15) is 36.7 Å². The van der Waals surface area contributed by atoms with E-state index >= 15 is 0 Å². The first kappa shape index (κ1) is 19.7. The molecule has 0 aliphatic rings. The summed E-state index contributed by atoms with van der Waals surface area (Å²) in [6.07, 6.45) is 1.77. The van der Waals surface area contributed by atoms with Crippen LogP contribution in [0.3, 0.4) is 0 Å². The van der Waals surface area contributed by atoms with E-state index in [9.17, 15) is 9.59 Å². The maximum absolute atomic E-state index is 12.0. The molecule has 0 amide bonds. The number of hydrogen-bond donors (Lipinski definition) is 0. The molecule has 0 fully saturated rings. The van der Waals surface area contributed by atoms with Crippen molar-refractivity contribution in [2.75, 3.05) is 13.2 Å². The van der Waals surface area contributed by atoms with Crippen LogP contribution in [-0.2, 0) is 14.3 Å². The minimum Gasteiger partial charge on any atom is -0.463 e. The van der Waals surface area contributed by atoms with Gasteiger partial charge in [-0.15, -0.1) is 0 Å². The van der Waals surface area contributed by atoms with Crippen molar-refractivity contribution < 1.29 is 19.1 Å². The van der Waals surface area contributed by atoms with E-state index in [1.165, 1.54) is 0 Å². The van der Waals surface area contributed by atoms with Crippen molar-refractivity contribution >= 4 is 29.6 Å². The molecule has 0 radical (unpaired) electrons. The van der Waals surface area contributed by atoms with Gasteiger partial charge >= 0.3 is 11.9 Å². The zero-order valence-electron chi connectivity index (χ0n) is 15.0. The number of esters is 2. The lowest BCUT2D eigenvalue weighted by atomic mass is 10.00. The molecule has 0 spiro atoms. The standard InChI is InChI=1S/C21H21ClO4/c1-4-25-20(23)14(3)11-15-7-6-8-16(12-15)17-9-10-19(22)18(13-17)21(24)26-5-2/h6-13H,4-5H2,1-3H3. The summed E-state index contributed by atoms with van der Waals surface area (Å²) in [7, 11) is 0. The molecule has 0 saturated heterocycles. The summed E-state index contributed by atoms with van der Waals surface area (Å²) in [6.45, 7) is 5.86. The molecule has 0 N–H and O–H groups in total. The first-order chi connectivity index (χ1) is 12.5. The van der Waals surface area contributed by atoms with Gasteiger partial charge < -0.3 is 9.47 Å². The van der Waals surface area contributed by atoms with Crippen LogP contribution < -0.4 is 0 Å². The zero-order chi connectivity index (χ0) is 19.1. The third-order valence-corrected chi connectivity index (χ3v) is 3.99. The Hall–Kier alpha value is -2.59. The molecule has 0 aliphatic carbocycles. The summed E-state index contributed by atoms with van der Waals surface area (Å²) in [5.41, 5.74) is 3.45. The number of ether oxygens (including phenoxy) is 2. The first-order valence-corrected chi connectivity index (χ1v) is 8.76. The highest BCUT2D eigenvalue weighted by Crippen LogP contribution is 2.27. The van der Waals surface area contributed by atoms with Crippen LogP contribution in [0, 0.1) is 0 Å². The predicted molar refractivity (Wildman–Crippen MR) is 103 cm³/mol. The van der Waals surface area contributed by atoms with E-state index in [1.54, 1.807) is 39.0 Å². The number of rotatable bonds is 6. The molecular formula is C21H21ClO4. The van der Waals surface area contributed by atoms with Gasteiger partial charge in [0, 0.05) is 5.57 Å². The van der Waals surface area contributed by atoms with Crippen molar-refractivity contribution in [2.45, 2.75) is 20.8 Å². The maximum atomic E-state index is 12.0. The lowest BCUT2D eigenvalue weighted by molar-refractivity contribution is -0.138. The van der Waals surface area contributed by atoms with Crippen LogP contribution in [0.25, 0.3) is 17.2 Å². The maximum Gasteiger partial charge on any atom is 0.339 e. The summed E-state index contributed by atoms with van der Waals surface area (Å²) in [5.74, 6) is -0.789. The average Bonchev–Trinajstić information content (AvgIpc) is 2.62. The Morgan fingerprint density at radius 3 is 2.38 bits per heavy atom. The molecule has 136 valence electrons. The van der Waals surface area contributed by atoms with Crippen LogP contribution in [0.15, 0.2) is 48.0 Å². The van der Waals surface area contributed by atoms with Crippen LogP contribution >= 0.6 is 11.6 Å². The highest BCUT2D eigenvalue weighted by molar-refractivity contribution is 6.33. The second kappa shape index (κ2) is 9.20. The topological polar surface area (TPSA) is 52.6 Å². The molecule has 5 heteroatoms. The molecule has 0 aromatic heterocycles. The van der Waals surface area contributed by atoms with Gasteiger partial charge in [0.2, 0.25) is 0 Å². The lowest BCUT2D eigenvalue weighted by Crippen LogP contribution is -2.05. The minimum absolute atomic E-state index is 0.285. The summed E-state index contributed by atoms with van der Waals surface area (Å²) >= 11 is 6.12. The summed E-state index contributed by atoms with van der Waals surface area (Å²) in [5, 5.41) is 0.349. The summed E-state index contributed by atoms with van der Waals surface area (Å²) in [6, 6.07) is 12.9. The van der Waals surface area contributed by atoms with E-state index in [-0.39, 0.29) is 12.6 Å². The Balaban J connectivity index is 2.36. The Morgan fingerprint density at radius 1 is 1.00 bits per heavy atom. The minimum atomic E-state index is -0.450. The molecule has 26 heavy (non-hydrogen) atoms. The summed E-state index contributed by atoms with van der Waals surface area (Å²) < 4.78 is 10.0. The first-order valence-electron chi connectivity index (χ1n) is 8.38. The molecule has 2 aromatic carbocycles. The van der Waals surface area contributed by atoms with Crippen LogP contribution in [-0.4, -0.2) is 25.2 Å². The van der Waals surface area contributed by atoms with Crippen LogP contribution in [0.4, 0.5) is 0 Å². The van der Waals surface area contributed by atoms with E-state index < -0.39 is 5.97 Å². The Morgan fingerprint density at radius 2 is 1.69 bits per heavy atom. The number of carbonyl (C=O) groups is 2. The van der Waals surface area contributed by atoms with Crippen molar-refractivity contribution in [1.82, 2.24) is 0 Å². The van der Waals surface area contributed by atoms with E-state index in [4.69, 9.17) is 21.1 Å². The fourth-order valence-corrected chi connectivity index (χ4v) is 2.63. The van der Waals surface area contributed by atoms with Gasteiger partial charge in [0.05, 0.1) is 23.8 Å². The molecule has 2 rings (SSSR count). The molecule has 0 unspecified atom stereocenters. The van der Waals surface area contributed by atoms with E-state index in [2.05, 4.69) is 0 Å². The fourth-order valence-electron chi connectivity index (χ4n) is 2.43. The van der Waals surface area contributed by atoms with Gasteiger partial charge in [-0.3, -0.25) is 0 Å². The number of halogens is 1. The van der Waals surface area contributed by atoms with Crippen molar-refractivity contribution in [3.8, 4) is 11.1 Å². The average molecular weight is 373 g/mol. The highest BCUT2D eigenvalue weighted by atomic mass is 35.5. The monoisotopic (exact) mass is 372 g/mol. The molecule has 0 bridgehead atoms. The predicted octanol–water partition coefficient (Wildman–Crippen LogP) is 5.15. The number of hydrogen-bond acceptors (Lipinski definition) is 4. The molecule has 2 aromatic rings. The Labute approximate surface area is 158 Å². The smallest absolute Gasteiger partial charge is 0.339 e. The normalized spacial score (nSPS) is 11.2. The van der Waals surface area contributed by atoms with E-state index in [0.717, 1.165) is 16.7 Å². The Kier molecular flexibility index (Phi) is 6.98. The van der Waals surface area contributed by atoms with Gasteiger partial charge in [0.1, 0.15) is 0 Å². The largest absolute Gasteiger partial charge is 0.463 e. The van der Waals surface area contributed by atoms with Crippen molar-refractivity contribution in [1.29, 1.82) is 0 Å². The van der Waals surface area contributed by atoms with Gasteiger partial charge in [-0.2, -0.15) is 0 Å². The molecule has 0 atom stereocenters. The van der Waals surface area contributed by atoms with Crippen LogP contribution in [0.2, 0.25) is 5.02 Å². The van der Waals surface area contributed by atoms with E-state index in [0.29, 0.717) is 22.8 Å². The van der Waals surface area contributed by atoms with Gasteiger partial charge in [-0.25, -0.2) is 9.59 Å². The molecule has 0 aliphatic heterocycles. The molecule has 0 saturated carbocycles. The van der Waals surface area contributed by atoms with Gasteiger partial charge in [0.15, 0.2) is 0 Å². The second-order valence-corrected chi connectivity index (χ2v) is 6.00.